The van der Waals surface area contributed by atoms with E-state index >= 15 is 0 Å². The zero-order valence-corrected chi connectivity index (χ0v) is 8.17. The molecule has 11 heavy (non-hydrogen) atoms. The molecule has 0 bridgehead atoms. The van der Waals surface area contributed by atoms with Crippen LogP contribution in [0.25, 0.3) is 0 Å². The lowest BCUT2D eigenvalue weighted by molar-refractivity contribution is 0.266. The summed E-state index contributed by atoms with van der Waals surface area (Å²) in [6.45, 7) is 8.80. The summed E-state index contributed by atoms with van der Waals surface area (Å²) in [4.78, 5) is 6.47. The predicted molar refractivity (Wildman–Crippen MR) is 51.4 cm³/mol. The van der Waals surface area contributed by atoms with Crippen LogP contribution < -0.4 is 0 Å². The summed E-state index contributed by atoms with van der Waals surface area (Å²) in [6, 6.07) is 0.537. The van der Waals surface area contributed by atoms with Gasteiger partial charge in [0.05, 0.1) is 0 Å². The minimum Gasteiger partial charge on any atom is -0.299 e. The first-order valence-electron chi connectivity index (χ1n) is 4.46. The Morgan fingerprint density at radius 2 is 1.82 bits per heavy atom. The molecular formula is C9H20N2. The number of rotatable bonds is 5. The van der Waals surface area contributed by atoms with Gasteiger partial charge in [-0.2, -0.15) is 0 Å². The average Bonchev–Trinajstić information content (AvgIpc) is 2.05. The van der Waals surface area contributed by atoms with Crippen molar-refractivity contribution in [3.8, 4) is 0 Å². The molecule has 0 aliphatic heterocycles. The Balaban J connectivity index is 3.97. The van der Waals surface area contributed by atoms with Crippen molar-refractivity contribution in [3.63, 3.8) is 0 Å². The second kappa shape index (κ2) is 6.35. The van der Waals surface area contributed by atoms with Gasteiger partial charge in [-0.3, -0.25) is 9.89 Å². The Bertz CT molecular complexity index is 106. The minimum absolute atomic E-state index is 0.537. The van der Waals surface area contributed by atoms with Gasteiger partial charge in [-0.1, -0.05) is 20.8 Å². The molecule has 0 aliphatic carbocycles. The van der Waals surface area contributed by atoms with Crippen molar-refractivity contribution in [2.45, 2.75) is 33.2 Å². The Morgan fingerprint density at radius 1 is 1.27 bits per heavy atom. The van der Waals surface area contributed by atoms with E-state index in [9.17, 15) is 0 Å². The van der Waals surface area contributed by atoms with Gasteiger partial charge in [-0.25, -0.2) is 0 Å². The highest BCUT2D eigenvalue weighted by Gasteiger charge is 2.09. The molecule has 66 valence electrons. The minimum atomic E-state index is 0.537. The molecule has 1 atom stereocenters. The van der Waals surface area contributed by atoms with Crippen molar-refractivity contribution in [2.24, 2.45) is 4.99 Å². The first-order chi connectivity index (χ1) is 5.29. The van der Waals surface area contributed by atoms with Gasteiger partial charge in [-0.15, -0.1) is 0 Å². The Labute approximate surface area is 70.3 Å². The summed E-state index contributed by atoms with van der Waals surface area (Å²) in [5.74, 6) is 0. The average molecular weight is 156 g/mol. The molecule has 0 saturated heterocycles. The fourth-order valence-corrected chi connectivity index (χ4v) is 1.32. The van der Waals surface area contributed by atoms with E-state index in [4.69, 9.17) is 0 Å². The van der Waals surface area contributed by atoms with Gasteiger partial charge in [-0.05, 0) is 19.5 Å². The molecule has 0 aliphatic rings. The van der Waals surface area contributed by atoms with Gasteiger partial charge in [0.15, 0.2) is 0 Å². The molecule has 0 rings (SSSR count). The maximum atomic E-state index is 4.06. The van der Waals surface area contributed by atoms with Crippen LogP contribution in [0.2, 0.25) is 0 Å². The third-order valence-corrected chi connectivity index (χ3v) is 2.02. The molecule has 0 spiro atoms. The van der Waals surface area contributed by atoms with E-state index in [-0.39, 0.29) is 0 Å². The summed E-state index contributed by atoms with van der Waals surface area (Å²) < 4.78 is 0. The first-order valence-corrected chi connectivity index (χ1v) is 4.46. The molecule has 0 aromatic carbocycles. The highest BCUT2D eigenvalue weighted by atomic mass is 15.1. The van der Waals surface area contributed by atoms with E-state index in [0.717, 1.165) is 19.5 Å². The summed E-state index contributed by atoms with van der Waals surface area (Å²) in [7, 11) is 1.84. The standard InChI is InChI=1S/C9H20N2/c1-5-9(8-10-4)11(6-2)7-3/h8-9H,5-7H2,1-4H3. The van der Waals surface area contributed by atoms with Crippen LogP contribution in [0, 0.1) is 0 Å². The number of aliphatic imine (C=N–C) groups is 1. The van der Waals surface area contributed by atoms with Crippen LogP contribution >= 0.6 is 0 Å². The molecule has 0 saturated carbocycles. The fourth-order valence-electron chi connectivity index (χ4n) is 1.32. The van der Waals surface area contributed by atoms with E-state index < -0.39 is 0 Å². The first kappa shape index (κ1) is 10.6. The van der Waals surface area contributed by atoms with Gasteiger partial charge in [0.1, 0.15) is 0 Å². The maximum absolute atomic E-state index is 4.06. The Kier molecular flexibility index (Phi) is 6.13. The summed E-state index contributed by atoms with van der Waals surface area (Å²) in [5, 5.41) is 0. The molecule has 0 aromatic heterocycles. The highest BCUT2D eigenvalue weighted by molar-refractivity contribution is 5.64. The third kappa shape index (κ3) is 3.51. The van der Waals surface area contributed by atoms with Crippen molar-refractivity contribution < 1.29 is 0 Å². The van der Waals surface area contributed by atoms with E-state index in [1.807, 2.05) is 13.3 Å². The van der Waals surface area contributed by atoms with Crippen LogP contribution in [0.3, 0.4) is 0 Å². The third-order valence-electron chi connectivity index (χ3n) is 2.02. The van der Waals surface area contributed by atoms with Crippen molar-refractivity contribution >= 4 is 6.21 Å². The van der Waals surface area contributed by atoms with E-state index in [2.05, 4.69) is 30.7 Å². The molecule has 0 heterocycles. The molecule has 0 aromatic rings. The van der Waals surface area contributed by atoms with Crippen molar-refractivity contribution in [1.29, 1.82) is 0 Å². The summed E-state index contributed by atoms with van der Waals surface area (Å²) in [5.41, 5.74) is 0. The van der Waals surface area contributed by atoms with Crippen molar-refractivity contribution in [1.82, 2.24) is 4.90 Å². The quantitative estimate of drug-likeness (QED) is 0.554. The highest BCUT2D eigenvalue weighted by Crippen LogP contribution is 2.00. The predicted octanol–water partition coefficient (Wildman–Crippen LogP) is 1.81. The van der Waals surface area contributed by atoms with Gasteiger partial charge in [0.25, 0.3) is 0 Å². The van der Waals surface area contributed by atoms with E-state index in [1.54, 1.807) is 0 Å². The fraction of sp³-hybridized carbons (Fsp3) is 0.889. The zero-order valence-electron chi connectivity index (χ0n) is 8.17. The number of nitrogens with zero attached hydrogens (tertiary/aromatic N) is 2. The molecule has 0 N–H and O–H groups in total. The lowest BCUT2D eigenvalue weighted by Crippen LogP contribution is -2.35. The monoisotopic (exact) mass is 156 g/mol. The van der Waals surface area contributed by atoms with Gasteiger partial charge >= 0.3 is 0 Å². The van der Waals surface area contributed by atoms with Gasteiger partial charge in [0, 0.05) is 19.3 Å². The molecule has 0 radical (unpaired) electrons. The second-order valence-electron chi connectivity index (χ2n) is 2.60. The van der Waals surface area contributed by atoms with Crippen LogP contribution in [0.1, 0.15) is 27.2 Å². The van der Waals surface area contributed by atoms with Crippen LogP contribution in [0.5, 0.6) is 0 Å². The molecule has 1 unspecified atom stereocenters. The lowest BCUT2D eigenvalue weighted by Gasteiger charge is -2.25. The summed E-state index contributed by atoms with van der Waals surface area (Å²) in [6.07, 6.45) is 3.19. The maximum Gasteiger partial charge on any atom is 0.0443 e. The number of hydrogen-bond acceptors (Lipinski definition) is 2. The van der Waals surface area contributed by atoms with Crippen LogP contribution in [-0.2, 0) is 0 Å². The van der Waals surface area contributed by atoms with E-state index in [1.165, 1.54) is 0 Å². The molecule has 2 nitrogen and oxygen atoms in total. The molecular weight excluding hydrogens is 136 g/mol. The Hall–Kier alpha value is -0.370. The zero-order chi connectivity index (χ0) is 8.69. The van der Waals surface area contributed by atoms with E-state index in [0.29, 0.717) is 6.04 Å². The summed E-state index contributed by atoms with van der Waals surface area (Å²) >= 11 is 0. The van der Waals surface area contributed by atoms with Crippen LogP contribution in [0.4, 0.5) is 0 Å². The largest absolute Gasteiger partial charge is 0.299 e. The molecule has 2 heteroatoms. The number of hydrogen-bond donors (Lipinski definition) is 0. The Morgan fingerprint density at radius 3 is 2.09 bits per heavy atom. The SMILES string of the molecule is CCC(C=NC)N(CC)CC. The van der Waals surface area contributed by atoms with Crippen molar-refractivity contribution in [3.05, 3.63) is 0 Å². The molecule has 0 fully saturated rings. The normalized spacial score (nSPS) is 14.6. The smallest absolute Gasteiger partial charge is 0.0443 e. The van der Waals surface area contributed by atoms with Gasteiger partial charge < -0.3 is 0 Å². The lowest BCUT2D eigenvalue weighted by atomic mass is 10.2. The van der Waals surface area contributed by atoms with Gasteiger partial charge in [0.2, 0.25) is 0 Å². The van der Waals surface area contributed by atoms with Crippen molar-refractivity contribution in [2.75, 3.05) is 20.1 Å². The second-order valence-corrected chi connectivity index (χ2v) is 2.60. The molecule has 0 amide bonds. The van der Waals surface area contributed by atoms with Crippen LogP contribution in [0.15, 0.2) is 4.99 Å². The topological polar surface area (TPSA) is 15.6 Å². The van der Waals surface area contributed by atoms with Crippen LogP contribution in [-0.4, -0.2) is 37.3 Å².